The lowest BCUT2D eigenvalue weighted by atomic mass is 10.3. The Kier molecular flexibility index (Phi) is 7.13. The second-order valence-corrected chi connectivity index (χ2v) is 3.88. The van der Waals surface area contributed by atoms with Crippen LogP contribution >= 0.6 is 0 Å². The first-order chi connectivity index (χ1) is 7.80. The van der Waals surface area contributed by atoms with E-state index in [1.54, 1.807) is 14.0 Å². The Morgan fingerprint density at radius 1 is 1.35 bits per heavy atom. The maximum Gasteiger partial charge on any atom is 0.401 e. The van der Waals surface area contributed by atoms with E-state index in [2.05, 4.69) is 0 Å². The molecule has 0 saturated heterocycles. The molecule has 0 atom stereocenters. The minimum Gasteiger partial charge on any atom is -0.345 e. The third-order valence-corrected chi connectivity index (χ3v) is 2.33. The smallest absolute Gasteiger partial charge is 0.345 e. The summed E-state index contributed by atoms with van der Waals surface area (Å²) in [5, 5.41) is 0. The second kappa shape index (κ2) is 7.50. The fourth-order valence-electron chi connectivity index (χ4n) is 1.30. The third-order valence-electron chi connectivity index (χ3n) is 2.33. The first kappa shape index (κ1) is 16.2. The molecule has 2 N–H and O–H groups in total. The van der Waals surface area contributed by atoms with Gasteiger partial charge in [0.25, 0.3) is 0 Å². The molecule has 4 nitrogen and oxygen atoms in total. The predicted octanol–water partition coefficient (Wildman–Crippen LogP) is 0.678. The van der Waals surface area contributed by atoms with Gasteiger partial charge in [-0.25, -0.2) is 0 Å². The third kappa shape index (κ3) is 7.98. The average Bonchev–Trinajstić information content (AvgIpc) is 2.22. The molecule has 0 spiro atoms. The fraction of sp³-hybridized carbons (Fsp3) is 0.900. The fourth-order valence-corrected chi connectivity index (χ4v) is 1.30. The Hall–Kier alpha value is -0.820. The van der Waals surface area contributed by atoms with Gasteiger partial charge in [-0.2, -0.15) is 13.2 Å². The summed E-state index contributed by atoms with van der Waals surface area (Å²) in [5.74, 6) is -0.315. The zero-order valence-electron chi connectivity index (χ0n) is 10.3. The van der Waals surface area contributed by atoms with Crippen LogP contribution in [0, 0.1) is 0 Å². The number of hydrogen-bond donors (Lipinski definition) is 1. The van der Waals surface area contributed by atoms with Crippen molar-refractivity contribution in [3.63, 3.8) is 0 Å². The SMILES string of the molecule is CCN(CC(=O)N(C)CCCN)CC(F)(F)F. The van der Waals surface area contributed by atoms with Gasteiger partial charge in [-0.1, -0.05) is 6.92 Å². The van der Waals surface area contributed by atoms with Gasteiger partial charge in [0, 0.05) is 13.6 Å². The van der Waals surface area contributed by atoms with E-state index in [9.17, 15) is 18.0 Å². The van der Waals surface area contributed by atoms with Crippen molar-refractivity contribution in [2.75, 3.05) is 39.8 Å². The number of nitrogens with zero attached hydrogens (tertiary/aromatic N) is 2. The second-order valence-electron chi connectivity index (χ2n) is 3.88. The number of rotatable bonds is 7. The molecule has 0 heterocycles. The molecule has 102 valence electrons. The highest BCUT2D eigenvalue weighted by Gasteiger charge is 2.31. The summed E-state index contributed by atoms with van der Waals surface area (Å²) in [7, 11) is 1.57. The number of hydrogen-bond acceptors (Lipinski definition) is 3. The monoisotopic (exact) mass is 255 g/mol. The van der Waals surface area contributed by atoms with Crippen molar-refractivity contribution < 1.29 is 18.0 Å². The number of likely N-dealkylation sites (N-methyl/N-ethyl adjacent to an activating group) is 2. The molecule has 0 aromatic carbocycles. The molecule has 0 radical (unpaired) electrons. The summed E-state index contributed by atoms with van der Waals surface area (Å²) >= 11 is 0. The highest BCUT2D eigenvalue weighted by Crippen LogP contribution is 2.16. The van der Waals surface area contributed by atoms with Gasteiger partial charge in [0.15, 0.2) is 0 Å². The largest absolute Gasteiger partial charge is 0.401 e. The first-order valence-electron chi connectivity index (χ1n) is 5.53. The number of carbonyl (C=O) groups excluding carboxylic acids is 1. The normalized spacial score (nSPS) is 11.9. The van der Waals surface area contributed by atoms with Crippen LogP contribution in [0.2, 0.25) is 0 Å². The maximum atomic E-state index is 12.2. The minimum absolute atomic E-state index is 0.190. The van der Waals surface area contributed by atoms with E-state index < -0.39 is 12.7 Å². The Balaban J connectivity index is 4.14. The minimum atomic E-state index is -4.27. The van der Waals surface area contributed by atoms with Crippen molar-refractivity contribution >= 4 is 5.91 Å². The van der Waals surface area contributed by atoms with Crippen molar-refractivity contribution in [1.82, 2.24) is 9.80 Å². The summed E-state index contributed by atoms with van der Waals surface area (Å²) in [6, 6.07) is 0. The van der Waals surface area contributed by atoms with Crippen molar-refractivity contribution in [1.29, 1.82) is 0 Å². The van der Waals surface area contributed by atoms with E-state index in [-0.39, 0.29) is 19.0 Å². The molecule has 0 rings (SSSR count). The van der Waals surface area contributed by atoms with E-state index in [0.29, 0.717) is 19.5 Å². The van der Waals surface area contributed by atoms with Crippen LogP contribution in [-0.4, -0.2) is 61.7 Å². The van der Waals surface area contributed by atoms with Gasteiger partial charge in [0.1, 0.15) is 0 Å². The van der Waals surface area contributed by atoms with Gasteiger partial charge in [-0.15, -0.1) is 0 Å². The molecule has 0 aliphatic heterocycles. The number of halogens is 3. The number of alkyl halides is 3. The zero-order chi connectivity index (χ0) is 13.5. The quantitative estimate of drug-likeness (QED) is 0.727. The summed E-state index contributed by atoms with van der Waals surface area (Å²) in [6.07, 6.45) is -3.63. The van der Waals surface area contributed by atoms with Crippen LogP contribution in [0.5, 0.6) is 0 Å². The van der Waals surface area contributed by atoms with Crippen LogP contribution in [-0.2, 0) is 4.79 Å². The van der Waals surface area contributed by atoms with E-state index in [1.165, 1.54) is 4.90 Å². The lowest BCUT2D eigenvalue weighted by Crippen LogP contribution is -2.42. The maximum absolute atomic E-state index is 12.2. The molecule has 1 amide bonds. The number of carbonyl (C=O) groups is 1. The van der Waals surface area contributed by atoms with Crippen molar-refractivity contribution in [2.45, 2.75) is 19.5 Å². The highest BCUT2D eigenvalue weighted by molar-refractivity contribution is 5.77. The van der Waals surface area contributed by atoms with E-state index in [4.69, 9.17) is 5.73 Å². The molecule has 0 saturated carbocycles. The lowest BCUT2D eigenvalue weighted by molar-refractivity contribution is -0.150. The van der Waals surface area contributed by atoms with Crippen LogP contribution < -0.4 is 5.73 Å². The molecule has 0 unspecified atom stereocenters. The van der Waals surface area contributed by atoms with Gasteiger partial charge in [0.05, 0.1) is 13.1 Å². The Bertz CT molecular complexity index is 233. The highest BCUT2D eigenvalue weighted by atomic mass is 19.4. The summed E-state index contributed by atoms with van der Waals surface area (Å²) < 4.78 is 36.5. The Morgan fingerprint density at radius 2 is 1.94 bits per heavy atom. The van der Waals surface area contributed by atoms with Crippen molar-refractivity contribution in [3.05, 3.63) is 0 Å². The number of amides is 1. The van der Waals surface area contributed by atoms with Crippen LogP contribution in [0.1, 0.15) is 13.3 Å². The summed E-state index contributed by atoms with van der Waals surface area (Å²) in [6.45, 7) is 1.45. The van der Waals surface area contributed by atoms with Crippen LogP contribution in [0.25, 0.3) is 0 Å². The molecular weight excluding hydrogens is 235 g/mol. The lowest BCUT2D eigenvalue weighted by Gasteiger charge is -2.24. The van der Waals surface area contributed by atoms with Crippen LogP contribution in [0.15, 0.2) is 0 Å². The van der Waals surface area contributed by atoms with Gasteiger partial charge in [0.2, 0.25) is 5.91 Å². The van der Waals surface area contributed by atoms with Gasteiger partial charge < -0.3 is 10.6 Å². The standard InChI is InChI=1S/C10H20F3N3O/c1-3-16(8-10(11,12)13)7-9(17)15(2)6-4-5-14/h3-8,14H2,1-2H3. The van der Waals surface area contributed by atoms with E-state index in [1.807, 2.05) is 0 Å². The predicted molar refractivity (Wildman–Crippen MR) is 59.5 cm³/mol. The Morgan fingerprint density at radius 3 is 2.35 bits per heavy atom. The molecule has 0 aliphatic carbocycles. The van der Waals surface area contributed by atoms with Crippen molar-refractivity contribution in [3.8, 4) is 0 Å². The summed E-state index contributed by atoms with van der Waals surface area (Å²) in [5.41, 5.74) is 5.29. The van der Waals surface area contributed by atoms with Gasteiger partial charge in [-0.3, -0.25) is 9.69 Å². The van der Waals surface area contributed by atoms with Gasteiger partial charge in [-0.05, 0) is 19.5 Å². The van der Waals surface area contributed by atoms with E-state index >= 15 is 0 Å². The van der Waals surface area contributed by atoms with Crippen molar-refractivity contribution in [2.24, 2.45) is 5.73 Å². The topological polar surface area (TPSA) is 49.6 Å². The molecule has 0 bridgehead atoms. The Labute approximate surface area is 99.5 Å². The molecule has 0 aromatic rings. The first-order valence-corrected chi connectivity index (χ1v) is 5.53. The molecule has 17 heavy (non-hydrogen) atoms. The number of nitrogens with two attached hydrogens (primary N) is 1. The molecule has 0 fully saturated rings. The zero-order valence-corrected chi connectivity index (χ0v) is 10.3. The van der Waals surface area contributed by atoms with Crippen LogP contribution in [0.3, 0.4) is 0 Å². The van der Waals surface area contributed by atoms with E-state index in [0.717, 1.165) is 4.90 Å². The average molecular weight is 255 g/mol. The molecular formula is C10H20F3N3O. The molecule has 7 heteroatoms. The van der Waals surface area contributed by atoms with Gasteiger partial charge >= 0.3 is 6.18 Å². The van der Waals surface area contributed by atoms with Crippen LogP contribution in [0.4, 0.5) is 13.2 Å². The summed E-state index contributed by atoms with van der Waals surface area (Å²) in [4.78, 5) is 14.1. The molecule has 0 aliphatic rings. The molecule has 0 aromatic heterocycles.